The molecule has 2 heterocycles. The fourth-order valence-electron chi connectivity index (χ4n) is 2.04. The molecule has 2 aromatic rings. The standard InChI is InChI=1S/C13H15N3O2/c1-16-7-11(8-16)17-10-4-2-9(3-5-10)12-6-13(14)18-15-12/h2-6,11H,7-8,14H2,1H3. The summed E-state index contributed by atoms with van der Waals surface area (Å²) >= 11 is 0. The van der Waals surface area contributed by atoms with E-state index in [1.807, 2.05) is 24.3 Å². The van der Waals surface area contributed by atoms with Gasteiger partial charge in [0.05, 0.1) is 0 Å². The molecule has 94 valence electrons. The maximum absolute atomic E-state index is 5.81. The molecule has 0 unspecified atom stereocenters. The highest BCUT2D eigenvalue weighted by molar-refractivity contribution is 5.61. The smallest absolute Gasteiger partial charge is 0.222 e. The lowest BCUT2D eigenvalue weighted by Gasteiger charge is -2.35. The summed E-state index contributed by atoms with van der Waals surface area (Å²) in [5.41, 5.74) is 7.20. The largest absolute Gasteiger partial charge is 0.488 e. The number of benzene rings is 1. The summed E-state index contributed by atoms with van der Waals surface area (Å²) in [7, 11) is 2.08. The summed E-state index contributed by atoms with van der Waals surface area (Å²) < 4.78 is 10.6. The van der Waals surface area contributed by atoms with E-state index >= 15 is 0 Å². The van der Waals surface area contributed by atoms with Crippen LogP contribution in [0.3, 0.4) is 0 Å². The van der Waals surface area contributed by atoms with Crippen molar-refractivity contribution in [2.75, 3.05) is 25.9 Å². The first kappa shape index (κ1) is 11.1. The van der Waals surface area contributed by atoms with Gasteiger partial charge in [-0.3, -0.25) is 4.90 Å². The normalized spacial score (nSPS) is 16.5. The molecule has 0 bridgehead atoms. The Balaban J connectivity index is 1.69. The zero-order chi connectivity index (χ0) is 12.5. The molecule has 0 aliphatic carbocycles. The fourth-order valence-corrected chi connectivity index (χ4v) is 2.04. The summed E-state index contributed by atoms with van der Waals surface area (Å²) in [5, 5.41) is 3.87. The Bertz CT molecular complexity index is 529. The Morgan fingerprint density at radius 3 is 2.61 bits per heavy atom. The van der Waals surface area contributed by atoms with Crippen molar-refractivity contribution in [2.24, 2.45) is 0 Å². The van der Waals surface area contributed by atoms with Crippen molar-refractivity contribution in [3.05, 3.63) is 30.3 Å². The Labute approximate surface area is 105 Å². The Morgan fingerprint density at radius 1 is 1.33 bits per heavy atom. The van der Waals surface area contributed by atoms with E-state index in [0.29, 0.717) is 12.0 Å². The first-order chi connectivity index (χ1) is 8.70. The zero-order valence-corrected chi connectivity index (χ0v) is 10.2. The number of hydrogen-bond donors (Lipinski definition) is 1. The minimum Gasteiger partial charge on any atom is -0.488 e. The highest BCUT2D eigenvalue weighted by atomic mass is 16.5. The van der Waals surface area contributed by atoms with Crippen molar-refractivity contribution < 1.29 is 9.26 Å². The third-order valence-electron chi connectivity index (χ3n) is 3.01. The summed E-state index contributed by atoms with van der Waals surface area (Å²) in [6, 6.07) is 9.50. The Morgan fingerprint density at radius 2 is 2.06 bits per heavy atom. The molecular weight excluding hydrogens is 230 g/mol. The van der Waals surface area contributed by atoms with E-state index < -0.39 is 0 Å². The van der Waals surface area contributed by atoms with Gasteiger partial charge in [-0.1, -0.05) is 5.16 Å². The van der Waals surface area contributed by atoms with Crippen LogP contribution < -0.4 is 10.5 Å². The van der Waals surface area contributed by atoms with Crippen LogP contribution in [0.15, 0.2) is 34.9 Å². The number of nitrogens with two attached hydrogens (primary N) is 1. The van der Waals surface area contributed by atoms with Crippen molar-refractivity contribution in [3.63, 3.8) is 0 Å². The number of likely N-dealkylation sites (tertiary alicyclic amines) is 1. The van der Waals surface area contributed by atoms with Crippen LogP contribution in [0.2, 0.25) is 0 Å². The molecule has 1 aromatic heterocycles. The van der Waals surface area contributed by atoms with E-state index in [0.717, 1.165) is 30.1 Å². The number of aromatic nitrogens is 1. The lowest BCUT2D eigenvalue weighted by atomic mass is 10.1. The second-order valence-corrected chi connectivity index (χ2v) is 4.60. The predicted octanol–water partition coefficient (Wildman–Crippen LogP) is 1.62. The minimum absolute atomic E-state index is 0.309. The summed E-state index contributed by atoms with van der Waals surface area (Å²) in [6.07, 6.45) is 0.309. The molecule has 18 heavy (non-hydrogen) atoms. The van der Waals surface area contributed by atoms with Crippen LogP contribution in [0.5, 0.6) is 5.75 Å². The molecular formula is C13H15N3O2. The number of hydrogen-bond acceptors (Lipinski definition) is 5. The number of anilines is 1. The van der Waals surface area contributed by atoms with Crippen LogP contribution in [0.25, 0.3) is 11.3 Å². The van der Waals surface area contributed by atoms with Crippen molar-refractivity contribution in [3.8, 4) is 17.0 Å². The highest BCUT2D eigenvalue weighted by Crippen LogP contribution is 2.24. The quantitative estimate of drug-likeness (QED) is 0.890. The van der Waals surface area contributed by atoms with Gasteiger partial charge in [-0.2, -0.15) is 0 Å². The average molecular weight is 245 g/mol. The number of rotatable bonds is 3. The Kier molecular flexibility index (Phi) is 2.68. The van der Waals surface area contributed by atoms with E-state index in [1.165, 1.54) is 0 Å². The topological polar surface area (TPSA) is 64.5 Å². The molecule has 0 amide bonds. The number of likely N-dealkylation sites (N-methyl/N-ethyl adjacent to an activating group) is 1. The lowest BCUT2D eigenvalue weighted by Crippen LogP contribution is -2.51. The second-order valence-electron chi connectivity index (χ2n) is 4.60. The number of nitrogen functional groups attached to an aromatic ring is 1. The highest BCUT2D eigenvalue weighted by Gasteiger charge is 2.24. The fraction of sp³-hybridized carbons (Fsp3) is 0.308. The van der Waals surface area contributed by atoms with Gasteiger partial charge < -0.3 is 15.0 Å². The molecule has 0 spiro atoms. The molecule has 5 nitrogen and oxygen atoms in total. The molecule has 1 aliphatic rings. The third kappa shape index (κ3) is 2.17. The van der Waals surface area contributed by atoms with Gasteiger partial charge in [0.15, 0.2) is 0 Å². The van der Waals surface area contributed by atoms with Crippen LogP contribution in [0, 0.1) is 0 Å². The molecule has 0 atom stereocenters. The Hall–Kier alpha value is -2.01. The van der Waals surface area contributed by atoms with Crippen molar-refractivity contribution >= 4 is 5.88 Å². The lowest BCUT2D eigenvalue weighted by molar-refractivity contribution is 0.0388. The molecule has 1 aromatic carbocycles. The van der Waals surface area contributed by atoms with Crippen molar-refractivity contribution in [2.45, 2.75) is 6.10 Å². The third-order valence-corrected chi connectivity index (χ3v) is 3.01. The first-order valence-corrected chi connectivity index (χ1v) is 5.88. The molecule has 2 N–H and O–H groups in total. The monoisotopic (exact) mass is 245 g/mol. The van der Waals surface area contributed by atoms with Crippen molar-refractivity contribution in [1.82, 2.24) is 10.1 Å². The van der Waals surface area contributed by atoms with Gasteiger partial charge in [-0.15, -0.1) is 0 Å². The maximum atomic E-state index is 5.81. The summed E-state index contributed by atoms with van der Waals surface area (Å²) in [5.74, 6) is 1.20. The molecule has 0 saturated carbocycles. The van der Waals surface area contributed by atoms with E-state index in [9.17, 15) is 0 Å². The van der Waals surface area contributed by atoms with Crippen LogP contribution in [0.1, 0.15) is 0 Å². The molecule has 1 aliphatic heterocycles. The van der Waals surface area contributed by atoms with Gasteiger partial charge >= 0.3 is 0 Å². The molecule has 1 saturated heterocycles. The van der Waals surface area contributed by atoms with E-state index in [1.54, 1.807) is 6.07 Å². The van der Waals surface area contributed by atoms with Crippen LogP contribution in [-0.2, 0) is 0 Å². The molecule has 0 radical (unpaired) electrons. The molecule has 1 fully saturated rings. The predicted molar refractivity (Wildman–Crippen MR) is 68.3 cm³/mol. The van der Waals surface area contributed by atoms with Gasteiger partial charge in [0, 0.05) is 24.7 Å². The summed E-state index contributed by atoms with van der Waals surface area (Å²) in [4.78, 5) is 2.22. The van der Waals surface area contributed by atoms with Crippen LogP contribution in [0.4, 0.5) is 5.88 Å². The van der Waals surface area contributed by atoms with Crippen LogP contribution in [-0.4, -0.2) is 36.3 Å². The van der Waals surface area contributed by atoms with Crippen molar-refractivity contribution in [1.29, 1.82) is 0 Å². The van der Waals surface area contributed by atoms with Gasteiger partial charge in [-0.25, -0.2) is 0 Å². The van der Waals surface area contributed by atoms with Gasteiger partial charge in [-0.05, 0) is 31.3 Å². The maximum Gasteiger partial charge on any atom is 0.222 e. The number of nitrogens with zero attached hydrogens (tertiary/aromatic N) is 2. The van der Waals surface area contributed by atoms with E-state index in [4.69, 9.17) is 15.0 Å². The SMILES string of the molecule is CN1CC(Oc2ccc(-c3cc(N)on3)cc2)C1. The zero-order valence-electron chi connectivity index (χ0n) is 10.2. The molecule has 5 heteroatoms. The summed E-state index contributed by atoms with van der Waals surface area (Å²) in [6.45, 7) is 1.98. The van der Waals surface area contributed by atoms with Gasteiger partial charge in [0.2, 0.25) is 5.88 Å². The van der Waals surface area contributed by atoms with E-state index in [2.05, 4.69) is 17.1 Å². The van der Waals surface area contributed by atoms with E-state index in [-0.39, 0.29) is 0 Å². The minimum atomic E-state index is 0.309. The first-order valence-electron chi connectivity index (χ1n) is 5.88. The van der Waals surface area contributed by atoms with Crippen LogP contribution >= 0.6 is 0 Å². The molecule has 3 rings (SSSR count). The number of ether oxygens (including phenoxy) is 1. The average Bonchev–Trinajstić information content (AvgIpc) is 2.75. The second kappa shape index (κ2) is 4.34. The van der Waals surface area contributed by atoms with Gasteiger partial charge in [0.25, 0.3) is 0 Å². The van der Waals surface area contributed by atoms with Gasteiger partial charge in [0.1, 0.15) is 17.5 Å².